The normalized spacial score (nSPS) is 48.0. The van der Waals surface area contributed by atoms with Gasteiger partial charge in [-0.1, -0.05) is 13.8 Å². The number of ketones is 1. The summed E-state index contributed by atoms with van der Waals surface area (Å²) in [6, 6.07) is 0. The fourth-order valence-electron chi connectivity index (χ4n) is 8.61. The van der Waals surface area contributed by atoms with Crippen LogP contribution in [0.15, 0.2) is 0 Å². The number of aromatic nitrogens is 4. The first-order valence-electron chi connectivity index (χ1n) is 12.1. The van der Waals surface area contributed by atoms with Crippen molar-refractivity contribution in [1.82, 2.24) is 20.2 Å². The molecule has 0 spiro atoms. The van der Waals surface area contributed by atoms with E-state index in [-0.39, 0.29) is 11.3 Å². The number of tetrazole rings is 1. The Kier molecular flexibility index (Phi) is 4.70. The van der Waals surface area contributed by atoms with Crippen LogP contribution >= 0.6 is 0 Å². The van der Waals surface area contributed by atoms with Gasteiger partial charge in [-0.2, -0.15) is 0 Å². The number of rotatable bonds is 3. The molecule has 0 unspecified atom stereocenters. The van der Waals surface area contributed by atoms with Crippen LogP contribution in [0.2, 0.25) is 0 Å². The average molecular weight is 415 g/mol. The van der Waals surface area contributed by atoms with Crippen LogP contribution in [0.5, 0.6) is 0 Å². The van der Waals surface area contributed by atoms with Crippen molar-refractivity contribution in [3.63, 3.8) is 0 Å². The summed E-state index contributed by atoms with van der Waals surface area (Å²) in [4.78, 5) is 13.3. The lowest BCUT2D eigenvalue weighted by molar-refractivity contribution is -0.151. The highest BCUT2D eigenvalue weighted by Crippen LogP contribution is 2.68. The molecule has 4 saturated carbocycles. The number of fused-ring (bicyclic) bond motifs is 5. The summed E-state index contributed by atoms with van der Waals surface area (Å²) in [7, 11) is 0. The van der Waals surface area contributed by atoms with Crippen LogP contribution in [0.4, 0.5) is 0 Å². The van der Waals surface area contributed by atoms with E-state index in [0.29, 0.717) is 35.4 Å². The first kappa shape index (κ1) is 20.6. The van der Waals surface area contributed by atoms with Gasteiger partial charge in [0.25, 0.3) is 0 Å². The van der Waals surface area contributed by atoms with Gasteiger partial charge in [-0.25, -0.2) is 4.68 Å². The summed E-state index contributed by atoms with van der Waals surface area (Å²) in [6.45, 7) is 9.16. The zero-order valence-corrected chi connectivity index (χ0v) is 19.1. The maximum absolute atomic E-state index is 13.3. The van der Waals surface area contributed by atoms with Crippen molar-refractivity contribution in [1.29, 1.82) is 0 Å². The smallest absolute Gasteiger partial charge is 0.158 e. The van der Waals surface area contributed by atoms with E-state index >= 15 is 0 Å². The van der Waals surface area contributed by atoms with Crippen LogP contribution in [0.25, 0.3) is 0 Å². The maximum Gasteiger partial charge on any atom is 0.158 e. The third kappa shape index (κ3) is 3.00. The van der Waals surface area contributed by atoms with E-state index in [1.54, 1.807) is 4.68 Å². The molecule has 0 saturated heterocycles. The molecule has 8 atom stereocenters. The van der Waals surface area contributed by atoms with Crippen LogP contribution in [0, 0.1) is 47.3 Å². The Morgan fingerprint density at radius 2 is 1.80 bits per heavy atom. The van der Waals surface area contributed by atoms with Gasteiger partial charge < -0.3 is 5.11 Å². The molecule has 1 aromatic rings. The minimum Gasteiger partial charge on any atom is -0.390 e. The summed E-state index contributed by atoms with van der Waals surface area (Å²) in [5, 5.41) is 22.3. The molecule has 0 aliphatic heterocycles. The van der Waals surface area contributed by atoms with Crippen LogP contribution in [-0.2, 0) is 11.3 Å². The molecule has 6 heteroatoms. The Morgan fingerprint density at radius 1 is 1.03 bits per heavy atom. The van der Waals surface area contributed by atoms with Crippen LogP contribution in [0.1, 0.15) is 84.4 Å². The van der Waals surface area contributed by atoms with Crippen LogP contribution in [0.3, 0.4) is 0 Å². The molecule has 6 nitrogen and oxygen atoms in total. The minimum absolute atomic E-state index is 0.128. The molecule has 1 aromatic heterocycles. The Morgan fingerprint density at radius 3 is 2.53 bits per heavy atom. The Bertz CT molecular complexity index is 835. The number of hydrogen-bond acceptors (Lipinski definition) is 5. The monoisotopic (exact) mass is 414 g/mol. The molecule has 30 heavy (non-hydrogen) atoms. The summed E-state index contributed by atoms with van der Waals surface area (Å²) in [6.07, 6.45) is 10.3. The van der Waals surface area contributed by atoms with Gasteiger partial charge in [0.15, 0.2) is 5.78 Å². The van der Waals surface area contributed by atoms with Gasteiger partial charge in [0.1, 0.15) is 12.4 Å². The van der Waals surface area contributed by atoms with Gasteiger partial charge in [-0.15, -0.1) is 5.10 Å². The Hall–Kier alpha value is -1.30. The van der Waals surface area contributed by atoms with Crippen molar-refractivity contribution >= 4 is 5.78 Å². The largest absolute Gasteiger partial charge is 0.390 e. The molecule has 5 rings (SSSR count). The first-order valence-corrected chi connectivity index (χ1v) is 12.1. The molecule has 4 aliphatic rings. The van der Waals surface area contributed by atoms with E-state index in [0.717, 1.165) is 37.5 Å². The second-order valence-corrected chi connectivity index (χ2v) is 11.9. The summed E-state index contributed by atoms with van der Waals surface area (Å²) >= 11 is 0. The minimum atomic E-state index is -0.473. The number of carbonyl (C=O) groups is 1. The highest BCUT2D eigenvalue weighted by Gasteiger charge is 2.61. The summed E-state index contributed by atoms with van der Waals surface area (Å²) in [5.41, 5.74) is 0.0288. The Labute approximate surface area is 180 Å². The lowest BCUT2D eigenvalue weighted by atomic mass is 9.44. The van der Waals surface area contributed by atoms with Crippen molar-refractivity contribution in [2.75, 3.05) is 0 Å². The fourth-order valence-corrected chi connectivity index (χ4v) is 8.61. The number of carbonyl (C=O) groups excluding carboxylic acids is 1. The van der Waals surface area contributed by atoms with Crippen molar-refractivity contribution in [2.24, 2.45) is 40.4 Å². The van der Waals surface area contributed by atoms with Crippen LogP contribution in [-0.4, -0.2) is 36.7 Å². The van der Waals surface area contributed by atoms with Gasteiger partial charge in [0, 0.05) is 5.92 Å². The second-order valence-electron chi connectivity index (χ2n) is 11.9. The molecule has 0 aromatic carbocycles. The van der Waals surface area contributed by atoms with Crippen molar-refractivity contribution in [2.45, 2.75) is 97.6 Å². The van der Waals surface area contributed by atoms with E-state index in [4.69, 9.17) is 0 Å². The Balaban J connectivity index is 1.35. The van der Waals surface area contributed by atoms with Gasteiger partial charge in [0.2, 0.25) is 0 Å². The molecule has 4 aliphatic carbocycles. The molecular formula is C24H38N4O2. The van der Waals surface area contributed by atoms with E-state index in [9.17, 15) is 9.90 Å². The number of hydrogen-bond donors (Lipinski definition) is 1. The number of aryl methyl sites for hydroxylation is 1. The third-order valence-corrected chi connectivity index (χ3v) is 10.4. The predicted molar refractivity (Wildman–Crippen MR) is 113 cm³/mol. The molecule has 166 valence electrons. The lowest BCUT2D eigenvalue weighted by Crippen LogP contribution is -2.55. The van der Waals surface area contributed by atoms with Crippen molar-refractivity contribution in [3.8, 4) is 0 Å². The zero-order valence-electron chi connectivity index (χ0n) is 19.1. The SMILES string of the molecule is Cc1nnnn1CC(=O)[C@H]1CC[C@H]2[C@@H]3CC[C@@H]4C[C@](C)(O)CC[C@]4(C)[C@H]3CC[C@]12C. The first-order chi connectivity index (χ1) is 14.1. The van der Waals surface area contributed by atoms with E-state index in [2.05, 4.69) is 29.4 Å². The molecule has 0 amide bonds. The number of Topliss-reactive ketones (excluding diaryl/α,β-unsaturated/α-hetero) is 1. The molecular weight excluding hydrogens is 376 g/mol. The number of aliphatic hydroxyl groups is 1. The molecule has 4 fully saturated rings. The van der Waals surface area contributed by atoms with Gasteiger partial charge >= 0.3 is 0 Å². The highest BCUT2D eigenvalue weighted by molar-refractivity contribution is 5.82. The van der Waals surface area contributed by atoms with Gasteiger partial charge in [0.05, 0.1) is 5.60 Å². The summed E-state index contributed by atoms with van der Waals surface area (Å²) < 4.78 is 1.66. The average Bonchev–Trinajstić information content (AvgIpc) is 3.24. The molecule has 0 radical (unpaired) electrons. The zero-order chi connectivity index (χ0) is 21.3. The van der Waals surface area contributed by atoms with Crippen molar-refractivity contribution < 1.29 is 9.90 Å². The van der Waals surface area contributed by atoms with Crippen molar-refractivity contribution in [3.05, 3.63) is 5.82 Å². The second kappa shape index (κ2) is 6.85. The standard InChI is InChI=1S/C24H38N4O2/c1-15-25-26-27-28(15)14-21(29)20-8-7-18-17-6-5-16-13-22(2,30)11-12-23(16,3)19(17)9-10-24(18,20)4/h16-20,30H,5-14H2,1-4H3/t16-,17+,18+,19+,20-,22-,23+,24+/m1/s1. The quantitative estimate of drug-likeness (QED) is 0.810. The van der Waals surface area contributed by atoms with E-state index < -0.39 is 5.60 Å². The third-order valence-electron chi connectivity index (χ3n) is 10.4. The fraction of sp³-hybridized carbons (Fsp3) is 0.917. The molecule has 0 bridgehead atoms. The molecule has 1 heterocycles. The predicted octanol–water partition coefficient (Wildman–Crippen LogP) is 3.96. The highest BCUT2D eigenvalue weighted by atomic mass is 16.3. The lowest BCUT2D eigenvalue weighted by Gasteiger charge is -2.61. The van der Waals surface area contributed by atoms with E-state index in [1.165, 1.54) is 32.1 Å². The molecule has 1 N–H and O–H groups in total. The van der Waals surface area contributed by atoms with Gasteiger partial charge in [-0.05, 0) is 117 Å². The topological polar surface area (TPSA) is 80.9 Å². The maximum atomic E-state index is 13.3. The number of nitrogens with zero attached hydrogens (tertiary/aromatic N) is 4. The van der Waals surface area contributed by atoms with Gasteiger partial charge in [-0.3, -0.25) is 4.79 Å². The van der Waals surface area contributed by atoms with Crippen LogP contribution < -0.4 is 0 Å². The van der Waals surface area contributed by atoms with E-state index in [1.807, 2.05) is 13.8 Å². The summed E-state index contributed by atoms with van der Waals surface area (Å²) in [5.74, 6) is 4.02.